The molecule has 0 saturated carbocycles. The average molecular weight is 305 g/mol. The Hall–Kier alpha value is -2.62. The topological polar surface area (TPSA) is 49.0 Å². The molecule has 1 fully saturated rings. The molecule has 1 aromatic heterocycles. The van der Waals surface area contributed by atoms with Gasteiger partial charge in [-0.15, -0.1) is 0 Å². The fourth-order valence-corrected chi connectivity index (χ4v) is 3.41. The van der Waals surface area contributed by atoms with Crippen LogP contribution in [0.15, 0.2) is 42.5 Å². The highest BCUT2D eigenvalue weighted by atomic mass is 16.2. The van der Waals surface area contributed by atoms with Gasteiger partial charge in [0.05, 0.1) is 11.0 Å². The van der Waals surface area contributed by atoms with Crippen LogP contribution in [0.25, 0.3) is 11.0 Å². The van der Waals surface area contributed by atoms with Crippen molar-refractivity contribution in [1.82, 2.24) is 9.97 Å². The quantitative estimate of drug-likeness (QED) is 0.785. The first-order valence-electron chi connectivity index (χ1n) is 7.93. The fraction of sp³-hybridized carbons (Fsp3) is 0.263. The van der Waals surface area contributed by atoms with Crippen LogP contribution in [0.1, 0.15) is 29.3 Å². The highest BCUT2D eigenvalue weighted by Crippen LogP contribution is 2.32. The molecular weight excluding hydrogens is 286 g/mol. The second-order valence-corrected chi connectivity index (χ2v) is 6.39. The zero-order chi connectivity index (χ0) is 16.0. The number of para-hydroxylation sites is 2. The number of nitrogens with one attached hydrogen (secondary N) is 1. The van der Waals surface area contributed by atoms with Gasteiger partial charge in [-0.25, -0.2) is 4.98 Å². The van der Waals surface area contributed by atoms with E-state index in [1.807, 2.05) is 29.2 Å². The number of nitrogens with zero attached hydrogens (tertiary/aromatic N) is 2. The van der Waals surface area contributed by atoms with Gasteiger partial charge in [0, 0.05) is 24.6 Å². The summed E-state index contributed by atoms with van der Waals surface area (Å²) in [5, 5.41) is 0. The Morgan fingerprint density at radius 2 is 1.87 bits per heavy atom. The van der Waals surface area contributed by atoms with Gasteiger partial charge in [0.25, 0.3) is 0 Å². The van der Waals surface area contributed by atoms with Gasteiger partial charge in [0.15, 0.2) is 0 Å². The summed E-state index contributed by atoms with van der Waals surface area (Å²) in [6.45, 7) is 4.81. The van der Waals surface area contributed by atoms with Gasteiger partial charge in [-0.1, -0.05) is 18.2 Å². The lowest BCUT2D eigenvalue weighted by Crippen LogP contribution is -2.24. The highest BCUT2D eigenvalue weighted by molar-refractivity contribution is 5.96. The number of hydrogen-bond acceptors (Lipinski definition) is 2. The van der Waals surface area contributed by atoms with Crippen molar-refractivity contribution in [2.75, 3.05) is 11.4 Å². The van der Waals surface area contributed by atoms with Gasteiger partial charge < -0.3 is 9.88 Å². The summed E-state index contributed by atoms with van der Waals surface area (Å²) < 4.78 is 0. The van der Waals surface area contributed by atoms with Gasteiger partial charge in [-0.2, -0.15) is 0 Å². The SMILES string of the molecule is Cc1cc(C)cc(N2C[C@@H](c3nc4ccccc4[nH]3)CC2=O)c1. The van der Waals surface area contributed by atoms with E-state index in [-0.39, 0.29) is 11.8 Å². The van der Waals surface area contributed by atoms with E-state index >= 15 is 0 Å². The highest BCUT2D eigenvalue weighted by Gasteiger charge is 2.33. The monoisotopic (exact) mass is 305 g/mol. The van der Waals surface area contributed by atoms with Gasteiger partial charge in [-0.3, -0.25) is 4.79 Å². The molecule has 2 heterocycles. The van der Waals surface area contributed by atoms with Crippen LogP contribution in [0.5, 0.6) is 0 Å². The summed E-state index contributed by atoms with van der Waals surface area (Å²) >= 11 is 0. The Morgan fingerprint density at radius 3 is 2.61 bits per heavy atom. The molecule has 3 aromatic rings. The molecule has 0 radical (unpaired) electrons. The Balaban J connectivity index is 1.65. The van der Waals surface area contributed by atoms with Crippen molar-refractivity contribution in [3.8, 4) is 0 Å². The molecule has 116 valence electrons. The molecule has 4 rings (SSSR count). The third-order valence-electron chi connectivity index (χ3n) is 4.44. The number of carbonyl (C=O) groups is 1. The Bertz CT molecular complexity index is 843. The van der Waals surface area contributed by atoms with E-state index in [1.165, 1.54) is 11.1 Å². The fourth-order valence-electron chi connectivity index (χ4n) is 3.41. The molecule has 1 amide bonds. The summed E-state index contributed by atoms with van der Waals surface area (Å²) in [6, 6.07) is 14.3. The van der Waals surface area contributed by atoms with Crippen LogP contribution in [0.2, 0.25) is 0 Å². The molecule has 1 aliphatic rings. The third-order valence-corrected chi connectivity index (χ3v) is 4.44. The average Bonchev–Trinajstić information content (AvgIpc) is 3.09. The number of aryl methyl sites for hydroxylation is 2. The molecule has 0 spiro atoms. The van der Waals surface area contributed by atoms with Gasteiger partial charge in [-0.05, 0) is 49.2 Å². The molecule has 2 aromatic carbocycles. The summed E-state index contributed by atoms with van der Waals surface area (Å²) in [4.78, 5) is 22.4. The molecule has 0 aliphatic carbocycles. The van der Waals surface area contributed by atoms with Crippen LogP contribution in [0.3, 0.4) is 0 Å². The number of hydrogen-bond donors (Lipinski definition) is 1. The van der Waals surface area contributed by atoms with E-state index in [9.17, 15) is 4.79 Å². The number of rotatable bonds is 2. The first-order chi connectivity index (χ1) is 11.1. The molecule has 1 N–H and O–H groups in total. The number of amides is 1. The maximum atomic E-state index is 12.5. The standard InChI is InChI=1S/C19H19N3O/c1-12-7-13(2)9-15(8-12)22-11-14(10-18(22)23)19-20-16-5-3-4-6-17(16)21-19/h3-9,14H,10-11H2,1-2H3,(H,20,21)/t14-/m0/s1. The van der Waals surface area contributed by atoms with Crippen LogP contribution >= 0.6 is 0 Å². The van der Waals surface area contributed by atoms with Gasteiger partial charge >= 0.3 is 0 Å². The van der Waals surface area contributed by atoms with Crippen molar-refractivity contribution in [2.24, 2.45) is 0 Å². The lowest BCUT2D eigenvalue weighted by atomic mass is 10.1. The van der Waals surface area contributed by atoms with E-state index in [0.29, 0.717) is 13.0 Å². The number of anilines is 1. The Labute approximate surface area is 135 Å². The van der Waals surface area contributed by atoms with Crippen molar-refractivity contribution in [3.63, 3.8) is 0 Å². The lowest BCUT2D eigenvalue weighted by molar-refractivity contribution is -0.117. The van der Waals surface area contributed by atoms with Crippen molar-refractivity contribution in [1.29, 1.82) is 0 Å². The van der Waals surface area contributed by atoms with Crippen LogP contribution in [-0.4, -0.2) is 22.4 Å². The molecule has 1 atom stereocenters. The lowest BCUT2D eigenvalue weighted by Gasteiger charge is -2.17. The molecule has 0 bridgehead atoms. The van der Waals surface area contributed by atoms with E-state index in [2.05, 4.69) is 42.0 Å². The minimum atomic E-state index is 0.121. The predicted molar refractivity (Wildman–Crippen MR) is 91.7 cm³/mol. The van der Waals surface area contributed by atoms with E-state index in [0.717, 1.165) is 22.5 Å². The summed E-state index contributed by atoms with van der Waals surface area (Å²) in [6.07, 6.45) is 0.507. The summed E-state index contributed by atoms with van der Waals surface area (Å²) in [5.41, 5.74) is 5.34. The number of fused-ring (bicyclic) bond motifs is 1. The molecule has 23 heavy (non-hydrogen) atoms. The minimum Gasteiger partial charge on any atom is -0.342 e. The Kier molecular flexibility index (Phi) is 3.18. The second kappa shape index (κ2) is 5.23. The minimum absolute atomic E-state index is 0.121. The molecule has 1 saturated heterocycles. The van der Waals surface area contributed by atoms with Crippen LogP contribution in [-0.2, 0) is 4.79 Å². The molecule has 4 nitrogen and oxygen atoms in total. The Morgan fingerprint density at radius 1 is 1.13 bits per heavy atom. The number of carbonyl (C=O) groups excluding carboxylic acids is 1. The van der Waals surface area contributed by atoms with E-state index < -0.39 is 0 Å². The molecular formula is C19H19N3O. The number of imidazole rings is 1. The number of aromatic nitrogens is 2. The van der Waals surface area contributed by atoms with Crippen molar-refractivity contribution < 1.29 is 4.79 Å². The van der Waals surface area contributed by atoms with E-state index in [4.69, 9.17) is 0 Å². The maximum absolute atomic E-state index is 12.5. The van der Waals surface area contributed by atoms with Gasteiger partial charge in [0.1, 0.15) is 5.82 Å². The van der Waals surface area contributed by atoms with Crippen LogP contribution < -0.4 is 4.90 Å². The predicted octanol–water partition coefficient (Wildman–Crippen LogP) is 3.70. The molecule has 4 heteroatoms. The van der Waals surface area contributed by atoms with E-state index in [1.54, 1.807) is 0 Å². The number of aromatic amines is 1. The largest absolute Gasteiger partial charge is 0.342 e. The van der Waals surface area contributed by atoms with Crippen molar-refractivity contribution >= 4 is 22.6 Å². The van der Waals surface area contributed by atoms with Crippen LogP contribution in [0.4, 0.5) is 5.69 Å². The van der Waals surface area contributed by atoms with Crippen molar-refractivity contribution in [2.45, 2.75) is 26.2 Å². The first-order valence-corrected chi connectivity index (χ1v) is 7.93. The molecule has 1 aliphatic heterocycles. The number of benzene rings is 2. The normalized spacial score (nSPS) is 18.1. The zero-order valence-electron chi connectivity index (χ0n) is 13.3. The smallest absolute Gasteiger partial charge is 0.227 e. The first kappa shape index (κ1) is 14.0. The number of H-pyrrole nitrogens is 1. The molecule has 0 unspecified atom stereocenters. The summed E-state index contributed by atoms with van der Waals surface area (Å²) in [5.74, 6) is 1.20. The van der Waals surface area contributed by atoms with Gasteiger partial charge in [0.2, 0.25) is 5.91 Å². The maximum Gasteiger partial charge on any atom is 0.227 e. The summed E-state index contributed by atoms with van der Waals surface area (Å²) in [7, 11) is 0. The van der Waals surface area contributed by atoms with Crippen molar-refractivity contribution in [3.05, 3.63) is 59.4 Å². The second-order valence-electron chi connectivity index (χ2n) is 6.39. The van der Waals surface area contributed by atoms with Crippen LogP contribution in [0, 0.1) is 13.8 Å². The third kappa shape index (κ3) is 2.50. The zero-order valence-corrected chi connectivity index (χ0v) is 13.3.